The second-order valence-electron chi connectivity index (χ2n) is 3.06. The van der Waals surface area contributed by atoms with Crippen molar-refractivity contribution >= 4 is 24.0 Å². The highest BCUT2D eigenvalue weighted by atomic mass is 35.5. The van der Waals surface area contributed by atoms with Gasteiger partial charge in [0, 0.05) is 19.0 Å². The summed E-state index contributed by atoms with van der Waals surface area (Å²) in [7, 11) is 3.26. The topological polar surface area (TPSA) is 30.5 Å². The molecule has 0 amide bonds. The molecule has 0 heterocycles. The zero-order chi connectivity index (χ0) is 11.1. The number of halogens is 2. The van der Waals surface area contributed by atoms with E-state index in [0.29, 0.717) is 5.88 Å². The van der Waals surface area contributed by atoms with Gasteiger partial charge in [0.1, 0.15) is 0 Å². The van der Waals surface area contributed by atoms with E-state index in [9.17, 15) is 0 Å². The first-order valence-electron chi connectivity index (χ1n) is 4.79. The fourth-order valence-corrected chi connectivity index (χ4v) is 1.42. The lowest BCUT2D eigenvalue weighted by molar-refractivity contribution is 0.354. The van der Waals surface area contributed by atoms with Crippen LogP contribution in [0.4, 0.5) is 0 Å². The average molecular weight is 266 g/mol. The Kier molecular flexibility index (Phi) is 8.16. The number of hydrogen-bond donors (Lipinski definition) is 1. The molecule has 0 radical (unpaired) electrons. The molecule has 3 nitrogen and oxygen atoms in total. The first-order valence-corrected chi connectivity index (χ1v) is 5.33. The fourth-order valence-electron chi connectivity index (χ4n) is 1.29. The minimum Gasteiger partial charge on any atom is -0.493 e. The van der Waals surface area contributed by atoms with Gasteiger partial charge in [-0.15, -0.1) is 24.0 Å². The number of benzene rings is 1. The zero-order valence-electron chi connectivity index (χ0n) is 9.46. The van der Waals surface area contributed by atoms with Crippen LogP contribution in [0.1, 0.15) is 5.56 Å². The van der Waals surface area contributed by atoms with Crippen molar-refractivity contribution in [2.45, 2.75) is 6.54 Å². The summed E-state index contributed by atoms with van der Waals surface area (Å²) in [4.78, 5) is 0. The summed E-state index contributed by atoms with van der Waals surface area (Å²) >= 11 is 5.57. The van der Waals surface area contributed by atoms with Crippen molar-refractivity contribution in [1.82, 2.24) is 5.32 Å². The molecule has 1 rings (SSSR count). The number of hydrogen-bond acceptors (Lipinski definition) is 3. The number of ether oxygens (including phenoxy) is 2. The highest BCUT2D eigenvalue weighted by Crippen LogP contribution is 2.27. The van der Waals surface area contributed by atoms with E-state index in [1.54, 1.807) is 14.2 Å². The van der Waals surface area contributed by atoms with Crippen molar-refractivity contribution < 1.29 is 9.47 Å². The van der Waals surface area contributed by atoms with Crippen LogP contribution >= 0.6 is 24.0 Å². The summed E-state index contributed by atoms with van der Waals surface area (Å²) in [6, 6.07) is 5.86. The van der Waals surface area contributed by atoms with Gasteiger partial charge in [-0.1, -0.05) is 6.07 Å². The summed E-state index contributed by atoms with van der Waals surface area (Å²) in [5.41, 5.74) is 1.15. The summed E-state index contributed by atoms with van der Waals surface area (Å²) in [5.74, 6) is 2.12. The molecule has 0 fully saturated rings. The summed E-state index contributed by atoms with van der Waals surface area (Å²) < 4.78 is 10.4. The van der Waals surface area contributed by atoms with E-state index in [1.165, 1.54) is 0 Å². The van der Waals surface area contributed by atoms with Gasteiger partial charge >= 0.3 is 0 Å². The minimum absolute atomic E-state index is 0. The molecule has 0 aromatic heterocycles. The second kappa shape index (κ2) is 8.50. The van der Waals surface area contributed by atoms with Crippen LogP contribution in [-0.2, 0) is 6.54 Å². The monoisotopic (exact) mass is 265 g/mol. The van der Waals surface area contributed by atoms with E-state index in [0.717, 1.165) is 30.2 Å². The molecule has 0 saturated heterocycles. The van der Waals surface area contributed by atoms with Gasteiger partial charge in [-0.2, -0.15) is 0 Å². The fraction of sp³-hybridized carbons (Fsp3) is 0.455. The van der Waals surface area contributed by atoms with E-state index in [4.69, 9.17) is 21.1 Å². The maximum Gasteiger partial charge on any atom is 0.161 e. The summed E-state index contributed by atoms with van der Waals surface area (Å²) in [6.07, 6.45) is 0. The summed E-state index contributed by atoms with van der Waals surface area (Å²) in [6.45, 7) is 1.59. The second-order valence-corrected chi connectivity index (χ2v) is 3.43. The van der Waals surface area contributed by atoms with Gasteiger partial charge in [0.2, 0.25) is 0 Å². The Hall–Kier alpha value is -0.640. The summed E-state index contributed by atoms with van der Waals surface area (Å²) in [5, 5.41) is 3.21. The Morgan fingerprint density at radius 2 is 1.88 bits per heavy atom. The predicted molar refractivity (Wildman–Crippen MR) is 69.2 cm³/mol. The molecule has 16 heavy (non-hydrogen) atoms. The molecule has 1 N–H and O–H groups in total. The Morgan fingerprint density at radius 3 is 2.44 bits per heavy atom. The molecule has 0 saturated carbocycles. The first kappa shape index (κ1) is 15.4. The highest BCUT2D eigenvalue weighted by molar-refractivity contribution is 6.18. The third-order valence-electron chi connectivity index (χ3n) is 2.05. The van der Waals surface area contributed by atoms with Crippen LogP contribution in [0.5, 0.6) is 11.5 Å². The van der Waals surface area contributed by atoms with Crippen LogP contribution in [0, 0.1) is 0 Å². The van der Waals surface area contributed by atoms with Crippen LogP contribution in [0.3, 0.4) is 0 Å². The van der Waals surface area contributed by atoms with Crippen LogP contribution in [-0.4, -0.2) is 26.6 Å². The van der Waals surface area contributed by atoms with Gasteiger partial charge in [0.25, 0.3) is 0 Å². The van der Waals surface area contributed by atoms with Gasteiger partial charge < -0.3 is 14.8 Å². The third kappa shape index (κ3) is 4.47. The maximum atomic E-state index is 5.57. The van der Waals surface area contributed by atoms with Crippen LogP contribution < -0.4 is 14.8 Å². The molecule has 5 heteroatoms. The van der Waals surface area contributed by atoms with Gasteiger partial charge in [-0.05, 0) is 17.7 Å². The molecule has 0 aliphatic heterocycles. The van der Waals surface area contributed by atoms with E-state index in [-0.39, 0.29) is 12.4 Å². The molecule has 0 aliphatic rings. The van der Waals surface area contributed by atoms with E-state index < -0.39 is 0 Å². The minimum atomic E-state index is 0. The van der Waals surface area contributed by atoms with E-state index in [1.807, 2.05) is 18.2 Å². The van der Waals surface area contributed by atoms with Crippen molar-refractivity contribution in [2.24, 2.45) is 0 Å². The molecule has 0 unspecified atom stereocenters. The van der Waals surface area contributed by atoms with Crippen molar-refractivity contribution in [1.29, 1.82) is 0 Å². The molecule has 0 spiro atoms. The number of nitrogens with one attached hydrogen (secondary N) is 1. The normalized spacial score (nSPS) is 9.44. The lowest BCUT2D eigenvalue weighted by atomic mass is 10.2. The Labute approximate surface area is 107 Å². The smallest absolute Gasteiger partial charge is 0.161 e. The van der Waals surface area contributed by atoms with Crippen molar-refractivity contribution in [3.05, 3.63) is 23.8 Å². The molecule has 0 bridgehead atoms. The average Bonchev–Trinajstić information content (AvgIpc) is 2.29. The molecular weight excluding hydrogens is 249 g/mol. The third-order valence-corrected chi connectivity index (χ3v) is 2.24. The molecule has 1 aromatic carbocycles. The number of alkyl halides is 1. The van der Waals surface area contributed by atoms with Gasteiger partial charge in [-0.3, -0.25) is 0 Å². The van der Waals surface area contributed by atoms with E-state index in [2.05, 4.69) is 5.32 Å². The molecular formula is C11H17Cl2NO2. The van der Waals surface area contributed by atoms with Crippen LogP contribution in [0.2, 0.25) is 0 Å². The molecule has 0 aliphatic carbocycles. The van der Waals surface area contributed by atoms with Crippen molar-refractivity contribution in [2.75, 3.05) is 26.6 Å². The molecule has 1 aromatic rings. The molecule has 92 valence electrons. The Bertz CT molecular complexity index is 308. The highest BCUT2D eigenvalue weighted by Gasteiger charge is 2.03. The first-order chi connectivity index (χ1) is 7.31. The molecule has 0 atom stereocenters. The van der Waals surface area contributed by atoms with Gasteiger partial charge in [-0.25, -0.2) is 0 Å². The lowest BCUT2D eigenvalue weighted by Crippen LogP contribution is -2.15. The Balaban J connectivity index is 0.00000225. The van der Waals surface area contributed by atoms with Crippen LogP contribution in [0.25, 0.3) is 0 Å². The zero-order valence-corrected chi connectivity index (χ0v) is 11.0. The van der Waals surface area contributed by atoms with Gasteiger partial charge in [0.15, 0.2) is 11.5 Å². The van der Waals surface area contributed by atoms with Crippen molar-refractivity contribution in [3.63, 3.8) is 0 Å². The standard InChI is InChI=1S/C11H16ClNO2.ClH/c1-14-10-4-3-9(7-11(10)15-2)8-13-6-5-12;/h3-4,7,13H,5-6,8H2,1-2H3;1H. The number of rotatable bonds is 6. The Morgan fingerprint density at radius 1 is 1.19 bits per heavy atom. The largest absolute Gasteiger partial charge is 0.493 e. The van der Waals surface area contributed by atoms with Crippen LogP contribution in [0.15, 0.2) is 18.2 Å². The lowest BCUT2D eigenvalue weighted by Gasteiger charge is -2.09. The predicted octanol–water partition coefficient (Wildman–Crippen LogP) is 2.45. The quantitative estimate of drug-likeness (QED) is 0.633. The number of methoxy groups -OCH3 is 2. The van der Waals surface area contributed by atoms with Crippen molar-refractivity contribution in [3.8, 4) is 11.5 Å². The van der Waals surface area contributed by atoms with Gasteiger partial charge in [0.05, 0.1) is 14.2 Å². The van der Waals surface area contributed by atoms with E-state index >= 15 is 0 Å². The maximum absolute atomic E-state index is 5.57. The SMILES string of the molecule is COc1ccc(CNCCCl)cc1OC.Cl.